The standard InChI is InChI=1S/C20H29N3O2/c1-14-16(21-18(24)15-7-4-5-8-15)9-6-10-17(14)22-19(25)20(2)11-12-23(3)13-20/h6,9-10,15H,4-5,7-8,11-13H2,1-3H3,(H,21,24)(H,22,25). The molecule has 0 spiro atoms. The molecule has 3 rings (SSSR count). The fourth-order valence-corrected chi connectivity index (χ4v) is 3.98. The van der Waals surface area contributed by atoms with Crippen molar-refractivity contribution >= 4 is 23.2 Å². The summed E-state index contributed by atoms with van der Waals surface area (Å²) in [6.45, 7) is 5.69. The van der Waals surface area contributed by atoms with E-state index in [0.29, 0.717) is 0 Å². The first-order chi connectivity index (χ1) is 11.9. The van der Waals surface area contributed by atoms with Crippen LogP contribution in [0.5, 0.6) is 0 Å². The van der Waals surface area contributed by atoms with Crippen molar-refractivity contribution in [2.45, 2.75) is 46.0 Å². The highest BCUT2D eigenvalue weighted by Gasteiger charge is 2.39. The summed E-state index contributed by atoms with van der Waals surface area (Å²) in [6.07, 6.45) is 5.10. The van der Waals surface area contributed by atoms with Crippen LogP contribution >= 0.6 is 0 Å². The van der Waals surface area contributed by atoms with E-state index in [1.807, 2.05) is 39.1 Å². The summed E-state index contributed by atoms with van der Waals surface area (Å²) < 4.78 is 0. The van der Waals surface area contributed by atoms with Gasteiger partial charge in [0.05, 0.1) is 5.41 Å². The van der Waals surface area contributed by atoms with Crippen LogP contribution in [0.2, 0.25) is 0 Å². The van der Waals surface area contributed by atoms with E-state index in [1.165, 1.54) is 0 Å². The van der Waals surface area contributed by atoms with Crippen molar-refractivity contribution in [3.8, 4) is 0 Å². The number of anilines is 2. The van der Waals surface area contributed by atoms with Gasteiger partial charge in [0.25, 0.3) is 0 Å². The van der Waals surface area contributed by atoms with E-state index in [0.717, 1.165) is 62.1 Å². The maximum absolute atomic E-state index is 12.8. The Kier molecular flexibility index (Phi) is 5.13. The fourth-order valence-electron chi connectivity index (χ4n) is 3.98. The van der Waals surface area contributed by atoms with Crippen molar-refractivity contribution in [1.29, 1.82) is 0 Å². The van der Waals surface area contributed by atoms with Crippen LogP contribution in [0.1, 0.15) is 44.6 Å². The largest absolute Gasteiger partial charge is 0.326 e. The number of benzene rings is 1. The number of hydrogen-bond acceptors (Lipinski definition) is 3. The Morgan fingerprint density at radius 1 is 1.16 bits per heavy atom. The van der Waals surface area contributed by atoms with Gasteiger partial charge in [0.1, 0.15) is 0 Å². The second kappa shape index (κ2) is 7.16. The molecule has 1 unspecified atom stereocenters. The molecule has 2 amide bonds. The third-order valence-corrected chi connectivity index (χ3v) is 5.78. The minimum atomic E-state index is -0.357. The van der Waals surface area contributed by atoms with E-state index < -0.39 is 0 Å². The number of rotatable bonds is 4. The maximum Gasteiger partial charge on any atom is 0.231 e. The lowest BCUT2D eigenvalue weighted by atomic mass is 9.88. The molecular formula is C20H29N3O2. The van der Waals surface area contributed by atoms with Crippen LogP contribution in [0.25, 0.3) is 0 Å². The van der Waals surface area contributed by atoms with E-state index >= 15 is 0 Å². The molecule has 1 aliphatic carbocycles. The van der Waals surface area contributed by atoms with Crippen LogP contribution in [0.3, 0.4) is 0 Å². The van der Waals surface area contributed by atoms with Gasteiger partial charge in [-0.25, -0.2) is 0 Å². The summed E-state index contributed by atoms with van der Waals surface area (Å²) in [5.74, 6) is 0.290. The Morgan fingerprint density at radius 3 is 2.40 bits per heavy atom. The topological polar surface area (TPSA) is 61.4 Å². The first-order valence-electron chi connectivity index (χ1n) is 9.29. The lowest BCUT2D eigenvalue weighted by molar-refractivity contribution is -0.124. The van der Waals surface area contributed by atoms with Gasteiger partial charge < -0.3 is 15.5 Å². The van der Waals surface area contributed by atoms with Crippen molar-refractivity contribution in [3.63, 3.8) is 0 Å². The molecule has 1 saturated heterocycles. The predicted molar refractivity (Wildman–Crippen MR) is 101 cm³/mol. The maximum atomic E-state index is 12.8. The Balaban J connectivity index is 1.70. The number of carbonyl (C=O) groups excluding carboxylic acids is 2. The van der Waals surface area contributed by atoms with E-state index in [9.17, 15) is 9.59 Å². The Labute approximate surface area is 150 Å². The number of amides is 2. The molecule has 1 atom stereocenters. The smallest absolute Gasteiger partial charge is 0.231 e. The molecule has 5 heteroatoms. The minimum absolute atomic E-state index is 0.0548. The molecule has 0 bridgehead atoms. The third kappa shape index (κ3) is 3.87. The highest BCUT2D eigenvalue weighted by atomic mass is 16.2. The van der Waals surface area contributed by atoms with Crippen molar-refractivity contribution < 1.29 is 9.59 Å². The molecule has 1 aromatic carbocycles. The van der Waals surface area contributed by atoms with Crippen LogP contribution in [0.15, 0.2) is 18.2 Å². The average Bonchev–Trinajstić information content (AvgIpc) is 3.22. The zero-order valence-corrected chi connectivity index (χ0v) is 15.5. The highest BCUT2D eigenvalue weighted by molar-refractivity contribution is 5.98. The van der Waals surface area contributed by atoms with Gasteiger partial charge in [0.2, 0.25) is 11.8 Å². The van der Waals surface area contributed by atoms with Crippen LogP contribution < -0.4 is 10.6 Å². The minimum Gasteiger partial charge on any atom is -0.326 e. The van der Waals surface area contributed by atoms with Crippen LogP contribution in [-0.2, 0) is 9.59 Å². The Morgan fingerprint density at radius 2 is 1.80 bits per heavy atom. The van der Waals surface area contributed by atoms with E-state index in [4.69, 9.17) is 0 Å². The molecule has 25 heavy (non-hydrogen) atoms. The van der Waals surface area contributed by atoms with Crippen LogP contribution in [-0.4, -0.2) is 36.9 Å². The molecule has 2 aliphatic rings. The summed E-state index contributed by atoms with van der Waals surface area (Å²) in [6, 6.07) is 5.69. The molecule has 5 nitrogen and oxygen atoms in total. The van der Waals surface area contributed by atoms with E-state index in [1.54, 1.807) is 0 Å². The molecule has 2 N–H and O–H groups in total. The average molecular weight is 343 g/mol. The molecule has 2 fully saturated rings. The van der Waals surface area contributed by atoms with Gasteiger partial charge in [-0.15, -0.1) is 0 Å². The van der Waals surface area contributed by atoms with Gasteiger partial charge in [0, 0.05) is 23.8 Å². The molecule has 1 saturated carbocycles. The number of carbonyl (C=O) groups is 2. The van der Waals surface area contributed by atoms with Gasteiger partial charge in [-0.1, -0.05) is 18.9 Å². The summed E-state index contributed by atoms with van der Waals surface area (Å²) in [7, 11) is 2.04. The monoisotopic (exact) mass is 343 g/mol. The molecular weight excluding hydrogens is 314 g/mol. The number of likely N-dealkylation sites (tertiary alicyclic amines) is 1. The van der Waals surface area contributed by atoms with E-state index in [-0.39, 0.29) is 23.1 Å². The quantitative estimate of drug-likeness (QED) is 0.881. The second-order valence-corrected chi connectivity index (χ2v) is 7.95. The summed E-state index contributed by atoms with van der Waals surface area (Å²) >= 11 is 0. The van der Waals surface area contributed by atoms with Crippen LogP contribution in [0.4, 0.5) is 11.4 Å². The summed E-state index contributed by atoms with van der Waals surface area (Å²) in [4.78, 5) is 27.3. The molecule has 1 aliphatic heterocycles. The van der Waals surface area contributed by atoms with Crippen molar-refractivity contribution in [2.75, 3.05) is 30.8 Å². The normalized spacial score (nSPS) is 24.4. The second-order valence-electron chi connectivity index (χ2n) is 7.95. The van der Waals surface area contributed by atoms with Crippen molar-refractivity contribution in [2.24, 2.45) is 11.3 Å². The number of nitrogens with zero attached hydrogens (tertiary/aromatic N) is 1. The number of hydrogen-bond donors (Lipinski definition) is 2. The first-order valence-corrected chi connectivity index (χ1v) is 9.29. The SMILES string of the molecule is Cc1c(NC(=O)C2CCCC2)cccc1NC(=O)C1(C)CCN(C)C1. The molecule has 1 aromatic rings. The summed E-state index contributed by atoms with van der Waals surface area (Å²) in [5, 5.41) is 6.13. The highest BCUT2D eigenvalue weighted by Crippen LogP contribution is 2.32. The van der Waals surface area contributed by atoms with Crippen LogP contribution in [0, 0.1) is 18.3 Å². The third-order valence-electron chi connectivity index (χ3n) is 5.78. The van der Waals surface area contributed by atoms with Gasteiger partial charge >= 0.3 is 0 Å². The summed E-state index contributed by atoms with van der Waals surface area (Å²) in [5.41, 5.74) is 2.13. The van der Waals surface area contributed by atoms with Gasteiger partial charge in [-0.3, -0.25) is 9.59 Å². The molecule has 136 valence electrons. The predicted octanol–water partition coefficient (Wildman–Crippen LogP) is 3.40. The molecule has 0 aromatic heterocycles. The molecule has 0 radical (unpaired) electrons. The first kappa shape index (κ1) is 17.9. The van der Waals surface area contributed by atoms with Gasteiger partial charge in [0.15, 0.2) is 0 Å². The lowest BCUT2D eigenvalue weighted by Crippen LogP contribution is -2.35. The fraction of sp³-hybridized carbons (Fsp3) is 0.600. The van der Waals surface area contributed by atoms with Gasteiger partial charge in [-0.2, -0.15) is 0 Å². The number of nitrogens with one attached hydrogen (secondary N) is 2. The van der Waals surface area contributed by atoms with Crippen molar-refractivity contribution in [1.82, 2.24) is 4.90 Å². The van der Waals surface area contributed by atoms with E-state index in [2.05, 4.69) is 15.5 Å². The zero-order valence-electron chi connectivity index (χ0n) is 15.5. The van der Waals surface area contributed by atoms with Gasteiger partial charge in [-0.05, 0) is 64.4 Å². The Bertz CT molecular complexity index is 667. The lowest BCUT2D eigenvalue weighted by Gasteiger charge is -2.24. The Hall–Kier alpha value is -1.88. The zero-order chi connectivity index (χ0) is 18.0. The molecule has 1 heterocycles. The van der Waals surface area contributed by atoms with Crippen molar-refractivity contribution in [3.05, 3.63) is 23.8 Å².